The van der Waals surface area contributed by atoms with Gasteiger partial charge in [-0.15, -0.1) is 0 Å². The molecule has 5 nitrogen and oxygen atoms in total. The van der Waals surface area contributed by atoms with E-state index in [9.17, 15) is 13.2 Å². The number of nitrogens with one attached hydrogen (secondary N) is 1. The van der Waals surface area contributed by atoms with Crippen molar-refractivity contribution in [1.82, 2.24) is 9.29 Å². The second-order valence-corrected chi connectivity index (χ2v) is 7.83. The van der Waals surface area contributed by atoms with Crippen molar-refractivity contribution >= 4 is 20.9 Å². The predicted octanol–water partition coefficient (Wildman–Crippen LogP) is 2.66. The summed E-state index contributed by atoms with van der Waals surface area (Å²) in [5.41, 5.74) is 1.93. The van der Waals surface area contributed by atoms with Crippen LogP contribution >= 0.6 is 0 Å². The predicted molar refractivity (Wildman–Crippen MR) is 94.4 cm³/mol. The highest BCUT2D eigenvalue weighted by Gasteiger charge is 2.21. The van der Waals surface area contributed by atoms with Crippen molar-refractivity contribution in [2.24, 2.45) is 0 Å². The second-order valence-electron chi connectivity index (χ2n) is 5.79. The Kier molecular flexibility index (Phi) is 4.26. The second kappa shape index (κ2) is 6.22. The van der Waals surface area contributed by atoms with E-state index >= 15 is 0 Å². The van der Waals surface area contributed by atoms with Crippen molar-refractivity contribution in [3.63, 3.8) is 0 Å². The first-order valence-electron chi connectivity index (χ1n) is 7.52. The van der Waals surface area contributed by atoms with E-state index in [4.69, 9.17) is 0 Å². The molecule has 1 N–H and O–H groups in total. The van der Waals surface area contributed by atoms with Gasteiger partial charge in [-0.25, -0.2) is 8.42 Å². The maximum absolute atomic E-state index is 12.6. The Morgan fingerprint density at radius 2 is 1.75 bits per heavy atom. The lowest BCUT2D eigenvalue weighted by molar-refractivity contribution is 0.465. The van der Waals surface area contributed by atoms with Gasteiger partial charge in [-0.1, -0.05) is 30.3 Å². The lowest BCUT2D eigenvalue weighted by Crippen LogP contribution is -2.29. The standard InChI is InChI=1S/C18H18N2O3S/c1-13-8-9-14-11-15(18(21)19-17(14)10-13)12-20(2)24(22,23)16-6-4-3-5-7-16/h3-11H,12H2,1-2H3,(H,19,21). The number of nitrogens with zero attached hydrogens (tertiary/aromatic N) is 1. The minimum Gasteiger partial charge on any atom is -0.322 e. The summed E-state index contributed by atoms with van der Waals surface area (Å²) in [7, 11) is -2.16. The zero-order valence-electron chi connectivity index (χ0n) is 13.5. The van der Waals surface area contributed by atoms with E-state index in [1.807, 2.05) is 25.1 Å². The topological polar surface area (TPSA) is 70.2 Å². The molecule has 0 spiro atoms. The Hall–Kier alpha value is -2.44. The fraction of sp³-hybridized carbons (Fsp3) is 0.167. The fourth-order valence-corrected chi connectivity index (χ4v) is 3.74. The molecule has 1 aromatic heterocycles. The van der Waals surface area contributed by atoms with Gasteiger partial charge in [0.25, 0.3) is 5.56 Å². The summed E-state index contributed by atoms with van der Waals surface area (Å²) >= 11 is 0. The number of hydrogen-bond donors (Lipinski definition) is 1. The highest BCUT2D eigenvalue weighted by atomic mass is 32.2. The average Bonchev–Trinajstić information content (AvgIpc) is 2.56. The zero-order chi connectivity index (χ0) is 17.3. The van der Waals surface area contributed by atoms with Crippen LogP contribution in [0.15, 0.2) is 64.3 Å². The molecule has 6 heteroatoms. The van der Waals surface area contributed by atoms with Crippen LogP contribution in [0.5, 0.6) is 0 Å². The third kappa shape index (κ3) is 3.11. The van der Waals surface area contributed by atoms with Gasteiger partial charge in [0.15, 0.2) is 0 Å². The Morgan fingerprint density at radius 1 is 1.04 bits per heavy atom. The van der Waals surface area contributed by atoms with Crippen molar-refractivity contribution < 1.29 is 8.42 Å². The minimum absolute atomic E-state index is 0.0103. The van der Waals surface area contributed by atoms with Gasteiger partial charge in [0.05, 0.1) is 4.90 Å². The minimum atomic E-state index is -3.63. The van der Waals surface area contributed by atoms with Gasteiger partial charge in [0.2, 0.25) is 10.0 Å². The smallest absolute Gasteiger partial charge is 0.252 e. The fourth-order valence-electron chi connectivity index (χ4n) is 2.57. The third-order valence-electron chi connectivity index (χ3n) is 3.92. The number of fused-ring (bicyclic) bond motifs is 1. The first-order chi connectivity index (χ1) is 11.4. The molecule has 0 aliphatic carbocycles. The lowest BCUT2D eigenvalue weighted by atomic mass is 10.1. The molecule has 0 fully saturated rings. The number of pyridine rings is 1. The molecule has 0 unspecified atom stereocenters. The molecule has 0 aliphatic heterocycles. The summed E-state index contributed by atoms with van der Waals surface area (Å²) < 4.78 is 26.3. The summed E-state index contributed by atoms with van der Waals surface area (Å²) in [6.07, 6.45) is 0. The van der Waals surface area contributed by atoms with Gasteiger partial charge < -0.3 is 4.98 Å². The molecule has 0 amide bonds. The van der Waals surface area contributed by atoms with Crippen LogP contribution in [0.3, 0.4) is 0 Å². The largest absolute Gasteiger partial charge is 0.322 e. The zero-order valence-corrected chi connectivity index (χ0v) is 14.3. The van der Waals surface area contributed by atoms with E-state index < -0.39 is 10.0 Å². The van der Waals surface area contributed by atoms with E-state index in [-0.39, 0.29) is 17.0 Å². The van der Waals surface area contributed by atoms with E-state index in [2.05, 4.69) is 4.98 Å². The Labute approximate surface area is 140 Å². The van der Waals surface area contributed by atoms with Crippen molar-refractivity contribution in [3.8, 4) is 0 Å². The third-order valence-corrected chi connectivity index (χ3v) is 5.74. The van der Waals surface area contributed by atoms with Crippen LogP contribution in [0.4, 0.5) is 0 Å². The molecule has 0 aliphatic rings. The number of rotatable bonds is 4. The SMILES string of the molecule is Cc1ccc2cc(CN(C)S(=O)(=O)c3ccccc3)c(=O)[nH]c2c1. The Balaban J connectivity index is 1.96. The Bertz CT molecular complexity index is 1040. The molecule has 0 radical (unpaired) electrons. The first-order valence-corrected chi connectivity index (χ1v) is 8.96. The number of H-pyrrole nitrogens is 1. The Morgan fingerprint density at radius 3 is 2.46 bits per heavy atom. The van der Waals surface area contributed by atoms with E-state index in [0.717, 1.165) is 16.5 Å². The highest BCUT2D eigenvalue weighted by molar-refractivity contribution is 7.89. The van der Waals surface area contributed by atoms with Gasteiger partial charge in [0, 0.05) is 24.7 Å². The van der Waals surface area contributed by atoms with Gasteiger partial charge in [-0.2, -0.15) is 4.31 Å². The van der Waals surface area contributed by atoms with Crippen LogP contribution in [0.2, 0.25) is 0 Å². The lowest BCUT2D eigenvalue weighted by Gasteiger charge is -2.17. The number of aromatic nitrogens is 1. The maximum atomic E-state index is 12.6. The van der Waals surface area contributed by atoms with Gasteiger partial charge in [0.1, 0.15) is 0 Å². The normalized spacial score (nSPS) is 12.0. The quantitative estimate of drug-likeness (QED) is 0.792. The van der Waals surface area contributed by atoms with Crippen LogP contribution < -0.4 is 5.56 Å². The monoisotopic (exact) mass is 342 g/mol. The molecular formula is C18H18N2O3S. The molecule has 0 saturated carbocycles. The van der Waals surface area contributed by atoms with E-state index in [1.165, 1.54) is 11.4 Å². The molecule has 1 heterocycles. The van der Waals surface area contributed by atoms with Gasteiger partial charge >= 0.3 is 0 Å². The molecule has 2 aromatic carbocycles. The van der Waals surface area contributed by atoms with Crippen LogP contribution in [-0.2, 0) is 16.6 Å². The molecule has 0 saturated heterocycles. The van der Waals surface area contributed by atoms with Crippen LogP contribution in [0.25, 0.3) is 10.9 Å². The van der Waals surface area contributed by atoms with E-state index in [1.54, 1.807) is 36.4 Å². The number of sulfonamides is 1. The number of hydrogen-bond acceptors (Lipinski definition) is 3. The number of benzene rings is 2. The molecule has 3 rings (SSSR count). The summed E-state index contributed by atoms with van der Waals surface area (Å²) in [4.78, 5) is 15.3. The molecular weight excluding hydrogens is 324 g/mol. The van der Waals surface area contributed by atoms with Crippen molar-refractivity contribution in [2.75, 3.05) is 7.05 Å². The van der Waals surface area contributed by atoms with Crippen molar-refractivity contribution in [1.29, 1.82) is 0 Å². The van der Waals surface area contributed by atoms with Crippen molar-refractivity contribution in [3.05, 3.63) is 76.1 Å². The van der Waals surface area contributed by atoms with Crippen LogP contribution in [0.1, 0.15) is 11.1 Å². The van der Waals surface area contributed by atoms with Gasteiger partial charge in [-0.3, -0.25) is 4.79 Å². The molecule has 3 aromatic rings. The van der Waals surface area contributed by atoms with Crippen molar-refractivity contribution in [2.45, 2.75) is 18.4 Å². The summed E-state index contributed by atoms with van der Waals surface area (Å²) in [6.45, 7) is 1.96. The molecule has 124 valence electrons. The summed E-state index contributed by atoms with van der Waals surface area (Å²) in [5.74, 6) is 0. The molecule has 24 heavy (non-hydrogen) atoms. The maximum Gasteiger partial charge on any atom is 0.252 e. The van der Waals surface area contributed by atoms with Crippen LogP contribution in [0, 0.1) is 6.92 Å². The summed E-state index contributed by atoms with van der Waals surface area (Å²) in [6, 6.07) is 15.7. The summed E-state index contributed by atoms with van der Waals surface area (Å²) in [5, 5.41) is 0.876. The average molecular weight is 342 g/mol. The molecule has 0 atom stereocenters. The molecule has 0 bridgehead atoms. The van der Waals surface area contributed by atoms with Gasteiger partial charge in [-0.05, 0) is 42.1 Å². The first kappa shape index (κ1) is 16.4. The number of aryl methyl sites for hydroxylation is 1. The van der Waals surface area contributed by atoms with E-state index in [0.29, 0.717) is 5.56 Å². The number of aromatic amines is 1. The highest BCUT2D eigenvalue weighted by Crippen LogP contribution is 2.17. The van der Waals surface area contributed by atoms with Crippen LogP contribution in [-0.4, -0.2) is 24.8 Å².